The second-order valence-electron chi connectivity index (χ2n) is 4.75. The molecule has 0 spiro atoms. The van der Waals surface area contributed by atoms with E-state index >= 15 is 0 Å². The fourth-order valence-electron chi connectivity index (χ4n) is 2.55. The van der Waals surface area contributed by atoms with Gasteiger partial charge < -0.3 is 9.47 Å². The van der Waals surface area contributed by atoms with Gasteiger partial charge in [-0.25, -0.2) is 0 Å². The first-order valence-corrected chi connectivity index (χ1v) is 6.52. The molecule has 1 atom stereocenters. The number of rotatable bonds is 5. The van der Waals surface area contributed by atoms with Crippen molar-refractivity contribution in [2.45, 2.75) is 25.3 Å². The summed E-state index contributed by atoms with van der Waals surface area (Å²) in [6.45, 7) is 1.74. The molecular weight excluding hydrogens is 228 g/mol. The molecule has 100 valence electrons. The Balaban J connectivity index is 2.07. The van der Waals surface area contributed by atoms with Gasteiger partial charge in [-0.05, 0) is 31.2 Å². The maximum absolute atomic E-state index is 5.71. The lowest BCUT2D eigenvalue weighted by Crippen LogP contribution is -2.31. The number of methoxy groups -OCH3 is 1. The normalized spacial score (nSPS) is 18.6. The predicted octanol–water partition coefficient (Wildman–Crippen LogP) is 2.02. The van der Waals surface area contributed by atoms with Crippen molar-refractivity contribution in [2.24, 2.45) is 11.8 Å². The zero-order valence-electron chi connectivity index (χ0n) is 10.9. The Morgan fingerprint density at radius 3 is 2.78 bits per heavy atom. The topological polar surface area (TPSA) is 56.5 Å². The van der Waals surface area contributed by atoms with Crippen LogP contribution in [0, 0.1) is 5.92 Å². The van der Waals surface area contributed by atoms with Crippen molar-refractivity contribution in [1.82, 2.24) is 5.43 Å². The molecule has 0 aliphatic carbocycles. The largest absolute Gasteiger partial charge is 0.496 e. The number of ether oxygens (including phenoxy) is 2. The summed E-state index contributed by atoms with van der Waals surface area (Å²) in [5.74, 6) is 7.28. The van der Waals surface area contributed by atoms with Crippen LogP contribution in [0.4, 0.5) is 0 Å². The van der Waals surface area contributed by atoms with Crippen molar-refractivity contribution in [3.8, 4) is 5.75 Å². The molecule has 1 aromatic carbocycles. The molecule has 1 heterocycles. The number of hydrazine groups is 1. The zero-order valence-corrected chi connectivity index (χ0v) is 10.9. The van der Waals surface area contributed by atoms with Crippen LogP contribution in [0.25, 0.3) is 0 Å². The van der Waals surface area contributed by atoms with Gasteiger partial charge in [0.15, 0.2) is 0 Å². The molecular formula is C14H22N2O2. The van der Waals surface area contributed by atoms with E-state index in [1.165, 1.54) is 0 Å². The number of nitrogens with one attached hydrogen (secondary N) is 1. The molecule has 4 nitrogen and oxygen atoms in total. The molecule has 4 heteroatoms. The van der Waals surface area contributed by atoms with Gasteiger partial charge in [0.05, 0.1) is 7.11 Å². The van der Waals surface area contributed by atoms with Gasteiger partial charge in [0.2, 0.25) is 0 Å². The SMILES string of the molecule is COc1ccccc1C(CC1CCOCC1)NN. The standard InChI is InChI=1S/C14H22N2O2/c1-17-14-5-3-2-4-12(14)13(16-15)10-11-6-8-18-9-7-11/h2-5,11,13,16H,6-10,15H2,1H3. The van der Waals surface area contributed by atoms with E-state index in [1.54, 1.807) is 7.11 Å². The molecule has 0 amide bonds. The van der Waals surface area contributed by atoms with Gasteiger partial charge in [-0.15, -0.1) is 0 Å². The van der Waals surface area contributed by atoms with Crippen molar-refractivity contribution in [3.63, 3.8) is 0 Å². The van der Waals surface area contributed by atoms with E-state index in [-0.39, 0.29) is 6.04 Å². The summed E-state index contributed by atoms with van der Waals surface area (Å²) in [7, 11) is 1.70. The van der Waals surface area contributed by atoms with Crippen molar-refractivity contribution < 1.29 is 9.47 Å². The minimum atomic E-state index is 0.143. The van der Waals surface area contributed by atoms with Gasteiger partial charge in [-0.3, -0.25) is 11.3 Å². The fourth-order valence-corrected chi connectivity index (χ4v) is 2.55. The first-order chi connectivity index (χ1) is 8.85. The van der Waals surface area contributed by atoms with Gasteiger partial charge in [0, 0.05) is 24.8 Å². The fraction of sp³-hybridized carbons (Fsp3) is 0.571. The third kappa shape index (κ3) is 3.22. The summed E-state index contributed by atoms with van der Waals surface area (Å²) in [5, 5.41) is 0. The maximum Gasteiger partial charge on any atom is 0.123 e. The lowest BCUT2D eigenvalue weighted by atomic mass is 9.89. The minimum absolute atomic E-state index is 0.143. The highest BCUT2D eigenvalue weighted by atomic mass is 16.5. The Morgan fingerprint density at radius 1 is 1.39 bits per heavy atom. The molecule has 1 aliphatic rings. The second kappa shape index (κ2) is 6.73. The Hall–Kier alpha value is -1.10. The van der Waals surface area contributed by atoms with E-state index in [4.69, 9.17) is 15.3 Å². The van der Waals surface area contributed by atoms with Crippen LogP contribution in [0.15, 0.2) is 24.3 Å². The van der Waals surface area contributed by atoms with Crippen LogP contribution in [0.2, 0.25) is 0 Å². The molecule has 1 unspecified atom stereocenters. The molecule has 0 radical (unpaired) electrons. The van der Waals surface area contributed by atoms with Gasteiger partial charge in [-0.1, -0.05) is 18.2 Å². The van der Waals surface area contributed by atoms with Crippen molar-refractivity contribution >= 4 is 0 Å². The highest BCUT2D eigenvalue weighted by molar-refractivity contribution is 5.35. The van der Waals surface area contributed by atoms with Crippen LogP contribution in [-0.4, -0.2) is 20.3 Å². The summed E-state index contributed by atoms with van der Waals surface area (Å²) in [5.41, 5.74) is 4.05. The Morgan fingerprint density at radius 2 is 2.11 bits per heavy atom. The monoisotopic (exact) mass is 250 g/mol. The van der Waals surface area contributed by atoms with Crippen LogP contribution < -0.4 is 16.0 Å². The third-order valence-electron chi connectivity index (χ3n) is 3.63. The molecule has 18 heavy (non-hydrogen) atoms. The van der Waals surface area contributed by atoms with E-state index in [9.17, 15) is 0 Å². The minimum Gasteiger partial charge on any atom is -0.496 e. The number of hydrogen-bond donors (Lipinski definition) is 2. The molecule has 0 saturated carbocycles. The van der Waals surface area contributed by atoms with Crippen molar-refractivity contribution in [3.05, 3.63) is 29.8 Å². The lowest BCUT2D eigenvalue weighted by molar-refractivity contribution is 0.0604. The lowest BCUT2D eigenvalue weighted by Gasteiger charge is -2.27. The molecule has 1 aliphatic heterocycles. The highest BCUT2D eigenvalue weighted by Gasteiger charge is 2.21. The number of benzene rings is 1. The van der Waals surface area contributed by atoms with Crippen LogP contribution in [0.1, 0.15) is 30.9 Å². The molecule has 1 saturated heterocycles. The first kappa shape index (κ1) is 13.3. The van der Waals surface area contributed by atoms with Crippen LogP contribution >= 0.6 is 0 Å². The summed E-state index contributed by atoms with van der Waals surface area (Å²) < 4.78 is 10.8. The van der Waals surface area contributed by atoms with Gasteiger partial charge in [-0.2, -0.15) is 0 Å². The Kier molecular flexibility index (Phi) is 4.99. The van der Waals surface area contributed by atoms with E-state index < -0.39 is 0 Å². The predicted molar refractivity (Wildman–Crippen MR) is 71.2 cm³/mol. The molecule has 0 aromatic heterocycles. The van der Waals surface area contributed by atoms with Gasteiger partial charge in [0.1, 0.15) is 5.75 Å². The first-order valence-electron chi connectivity index (χ1n) is 6.52. The number of para-hydroxylation sites is 1. The molecule has 0 bridgehead atoms. The highest BCUT2D eigenvalue weighted by Crippen LogP contribution is 2.31. The molecule has 3 N–H and O–H groups in total. The van der Waals surface area contributed by atoms with Gasteiger partial charge in [0.25, 0.3) is 0 Å². The van der Waals surface area contributed by atoms with E-state index in [2.05, 4.69) is 11.5 Å². The van der Waals surface area contributed by atoms with E-state index in [0.29, 0.717) is 5.92 Å². The molecule has 1 aromatic rings. The van der Waals surface area contributed by atoms with Crippen LogP contribution in [0.5, 0.6) is 5.75 Å². The summed E-state index contributed by atoms with van der Waals surface area (Å²) in [6.07, 6.45) is 3.26. The van der Waals surface area contributed by atoms with Gasteiger partial charge >= 0.3 is 0 Å². The van der Waals surface area contributed by atoms with Crippen LogP contribution in [-0.2, 0) is 4.74 Å². The van der Waals surface area contributed by atoms with Crippen LogP contribution in [0.3, 0.4) is 0 Å². The summed E-state index contributed by atoms with van der Waals surface area (Å²) >= 11 is 0. The zero-order chi connectivity index (χ0) is 12.8. The van der Waals surface area contributed by atoms with Crippen molar-refractivity contribution in [2.75, 3.05) is 20.3 Å². The summed E-state index contributed by atoms with van der Waals surface area (Å²) in [6, 6.07) is 8.19. The average Bonchev–Trinajstić information content (AvgIpc) is 2.46. The quantitative estimate of drug-likeness (QED) is 0.620. The second-order valence-corrected chi connectivity index (χ2v) is 4.75. The average molecular weight is 250 g/mol. The maximum atomic E-state index is 5.71. The third-order valence-corrected chi connectivity index (χ3v) is 3.63. The number of nitrogens with two attached hydrogens (primary N) is 1. The van der Waals surface area contributed by atoms with E-state index in [1.807, 2.05) is 18.2 Å². The number of hydrogen-bond acceptors (Lipinski definition) is 4. The molecule has 1 fully saturated rings. The Bertz CT molecular complexity index is 365. The smallest absolute Gasteiger partial charge is 0.123 e. The Labute approximate surface area is 108 Å². The summed E-state index contributed by atoms with van der Waals surface area (Å²) in [4.78, 5) is 0. The van der Waals surface area contributed by atoms with E-state index in [0.717, 1.165) is 43.8 Å². The van der Waals surface area contributed by atoms with Crippen molar-refractivity contribution in [1.29, 1.82) is 0 Å². The molecule has 2 rings (SSSR count).